The van der Waals surface area contributed by atoms with Crippen molar-refractivity contribution in [3.63, 3.8) is 0 Å². The highest BCUT2D eigenvalue weighted by Crippen LogP contribution is 2.37. The molecule has 0 unspecified atom stereocenters. The van der Waals surface area contributed by atoms with Crippen molar-refractivity contribution in [3.05, 3.63) is 59.2 Å². The topological polar surface area (TPSA) is 51.1 Å². The third-order valence-corrected chi connectivity index (χ3v) is 4.41. The minimum Gasteiger partial charge on any atom is -0.493 e. The Morgan fingerprint density at radius 1 is 1.08 bits per heavy atom. The summed E-state index contributed by atoms with van der Waals surface area (Å²) in [5.74, 6) is 1.23. The van der Waals surface area contributed by atoms with E-state index in [1.165, 1.54) is 12.5 Å². The number of nitrogens with zero attached hydrogens (tertiary/aromatic N) is 2. The van der Waals surface area contributed by atoms with Crippen LogP contribution in [0.25, 0.3) is 0 Å². The summed E-state index contributed by atoms with van der Waals surface area (Å²) in [6.07, 6.45) is 0.665. The summed E-state index contributed by atoms with van der Waals surface area (Å²) >= 11 is 0. The van der Waals surface area contributed by atoms with Gasteiger partial charge in [0.2, 0.25) is 5.91 Å². The smallest absolute Gasteiger partial charge is 0.240 e. The highest BCUT2D eigenvalue weighted by atomic mass is 16.5. The van der Waals surface area contributed by atoms with Crippen LogP contribution in [0.3, 0.4) is 0 Å². The number of amides is 1. The van der Waals surface area contributed by atoms with Gasteiger partial charge >= 0.3 is 0 Å². The van der Waals surface area contributed by atoms with E-state index in [2.05, 4.69) is 24.2 Å². The molecule has 0 bridgehead atoms. The molecule has 1 aliphatic rings. The summed E-state index contributed by atoms with van der Waals surface area (Å²) in [5.41, 5.74) is 4.12. The largest absolute Gasteiger partial charge is 0.493 e. The first kappa shape index (κ1) is 17.0. The fourth-order valence-electron chi connectivity index (χ4n) is 3.04. The first-order valence-electron chi connectivity index (χ1n) is 8.19. The minimum absolute atomic E-state index is 0.0816. The average molecular weight is 338 g/mol. The van der Waals surface area contributed by atoms with Gasteiger partial charge < -0.3 is 9.47 Å². The van der Waals surface area contributed by atoms with Crippen molar-refractivity contribution in [1.29, 1.82) is 0 Å². The Morgan fingerprint density at radius 3 is 2.36 bits per heavy atom. The summed E-state index contributed by atoms with van der Waals surface area (Å²) < 4.78 is 10.7. The normalized spacial score (nSPS) is 16.6. The molecule has 1 heterocycles. The van der Waals surface area contributed by atoms with Crippen molar-refractivity contribution in [2.24, 2.45) is 5.10 Å². The van der Waals surface area contributed by atoms with E-state index in [0.29, 0.717) is 17.9 Å². The first-order valence-corrected chi connectivity index (χ1v) is 8.19. The molecule has 0 radical (unpaired) electrons. The van der Waals surface area contributed by atoms with Crippen LogP contribution in [0.15, 0.2) is 47.6 Å². The van der Waals surface area contributed by atoms with Gasteiger partial charge in [-0.25, -0.2) is 5.01 Å². The molecule has 5 heteroatoms. The fraction of sp³-hybridized carbons (Fsp3) is 0.300. The molecular weight excluding hydrogens is 316 g/mol. The predicted molar refractivity (Wildman–Crippen MR) is 97.1 cm³/mol. The first-order chi connectivity index (χ1) is 12.0. The van der Waals surface area contributed by atoms with Gasteiger partial charge in [0.1, 0.15) is 0 Å². The van der Waals surface area contributed by atoms with Crippen molar-refractivity contribution in [2.45, 2.75) is 26.3 Å². The summed E-state index contributed by atoms with van der Waals surface area (Å²) in [5, 5.41) is 6.12. The van der Waals surface area contributed by atoms with Crippen LogP contribution in [-0.2, 0) is 4.79 Å². The molecule has 2 aromatic rings. The summed E-state index contributed by atoms with van der Waals surface area (Å²) in [4.78, 5) is 12.1. The maximum Gasteiger partial charge on any atom is 0.240 e. The molecule has 0 N–H and O–H groups in total. The summed E-state index contributed by atoms with van der Waals surface area (Å²) in [6, 6.07) is 13.8. The SMILES string of the molecule is COc1ccc([C@@H]2CC(c3ccc(C)cc3)=NN2C(C)=O)cc1OC. The molecule has 2 aromatic carbocycles. The minimum atomic E-state index is -0.145. The third-order valence-electron chi connectivity index (χ3n) is 4.41. The Morgan fingerprint density at radius 2 is 1.76 bits per heavy atom. The van der Waals surface area contributed by atoms with Gasteiger partial charge in [-0.2, -0.15) is 5.10 Å². The van der Waals surface area contributed by atoms with Crippen LogP contribution in [0.5, 0.6) is 11.5 Å². The molecule has 0 aliphatic carbocycles. The van der Waals surface area contributed by atoms with E-state index >= 15 is 0 Å². The van der Waals surface area contributed by atoms with Crippen molar-refractivity contribution in [3.8, 4) is 11.5 Å². The average Bonchev–Trinajstić information content (AvgIpc) is 3.07. The molecule has 0 spiro atoms. The molecule has 0 saturated heterocycles. The molecule has 3 rings (SSSR count). The van der Waals surface area contributed by atoms with E-state index in [1.54, 1.807) is 19.2 Å². The second kappa shape index (κ2) is 6.97. The molecule has 0 saturated carbocycles. The second-order valence-corrected chi connectivity index (χ2v) is 6.11. The lowest BCUT2D eigenvalue weighted by Gasteiger charge is -2.21. The van der Waals surface area contributed by atoms with E-state index in [9.17, 15) is 4.79 Å². The monoisotopic (exact) mass is 338 g/mol. The number of carbonyl (C=O) groups excluding carboxylic acids is 1. The van der Waals surface area contributed by atoms with Crippen LogP contribution in [0.4, 0.5) is 0 Å². The van der Waals surface area contributed by atoms with Crippen molar-refractivity contribution < 1.29 is 14.3 Å². The van der Waals surface area contributed by atoms with Crippen LogP contribution in [0.1, 0.15) is 36.1 Å². The number of benzene rings is 2. The summed E-state index contributed by atoms with van der Waals surface area (Å²) in [6.45, 7) is 3.59. The molecule has 0 fully saturated rings. The molecule has 1 amide bonds. The van der Waals surface area contributed by atoms with Crippen molar-refractivity contribution in [1.82, 2.24) is 5.01 Å². The third kappa shape index (κ3) is 3.36. The molecule has 25 heavy (non-hydrogen) atoms. The van der Waals surface area contributed by atoms with Crippen molar-refractivity contribution in [2.75, 3.05) is 14.2 Å². The zero-order valence-corrected chi connectivity index (χ0v) is 14.9. The van der Waals surface area contributed by atoms with Gasteiger partial charge in [-0.3, -0.25) is 4.79 Å². The maximum absolute atomic E-state index is 12.1. The van der Waals surface area contributed by atoms with Gasteiger partial charge in [-0.05, 0) is 30.2 Å². The highest BCUT2D eigenvalue weighted by Gasteiger charge is 2.31. The summed E-state index contributed by atoms with van der Waals surface area (Å²) in [7, 11) is 3.21. The Kier molecular flexibility index (Phi) is 4.74. The molecule has 1 atom stereocenters. The predicted octanol–water partition coefficient (Wildman–Crippen LogP) is 3.71. The standard InChI is InChI=1S/C20H22N2O3/c1-13-5-7-15(8-6-13)17-12-18(22(21-17)14(2)23)16-9-10-19(24-3)20(11-16)25-4/h5-11,18H,12H2,1-4H3/t18-/m0/s1. The Balaban J connectivity index is 1.94. The van der Waals surface area contributed by atoms with Gasteiger partial charge in [-0.15, -0.1) is 0 Å². The Hall–Kier alpha value is -2.82. The lowest BCUT2D eigenvalue weighted by Crippen LogP contribution is -2.24. The van der Waals surface area contributed by atoms with Crippen LogP contribution in [0.2, 0.25) is 0 Å². The Labute approximate surface area is 147 Å². The zero-order valence-electron chi connectivity index (χ0n) is 14.9. The quantitative estimate of drug-likeness (QED) is 0.854. The van der Waals surface area contributed by atoms with E-state index in [0.717, 1.165) is 16.8 Å². The van der Waals surface area contributed by atoms with Gasteiger partial charge in [0.25, 0.3) is 0 Å². The number of aryl methyl sites for hydroxylation is 1. The molecule has 130 valence electrons. The second-order valence-electron chi connectivity index (χ2n) is 6.11. The number of ether oxygens (including phenoxy) is 2. The fourth-order valence-corrected chi connectivity index (χ4v) is 3.04. The van der Waals surface area contributed by atoms with Crippen LogP contribution < -0.4 is 9.47 Å². The van der Waals surface area contributed by atoms with Gasteiger partial charge in [-0.1, -0.05) is 35.9 Å². The Bertz CT molecular complexity index is 812. The lowest BCUT2D eigenvalue weighted by atomic mass is 9.97. The van der Waals surface area contributed by atoms with E-state index < -0.39 is 0 Å². The van der Waals surface area contributed by atoms with Gasteiger partial charge in [0.05, 0.1) is 26.0 Å². The number of rotatable bonds is 4. The van der Waals surface area contributed by atoms with Crippen LogP contribution >= 0.6 is 0 Å². The molecule has 1 aliphatic heterocycles. The number of hydrogen-bond acceptors (Lipinski definition) is 4. The number of hydrazone groups is 1. The van der Waals surface area contributed by atoms with Gasteiger partial charge in [0, 0.05) is 13.3 Å². The van der Waals surface area contributed by atoms with Crippen molar-refractivity contribution >= 4 is 11.6 Å². The number of hydrogen-bond donors (Lipinski definition) is 0. The molecule has 0 aromatic heterocycles. The van der Waals surface area contributed by atoms with E-state index in [-0.39, 0.29) is 11.9 Å². The van der Waals surface area contributed by atoms with Crippen LogP contribution in [0, 0.1) is 6.92 Å². The lowest BCUT2D eigenvalue weighted by molar-refractivity contribution is -0.130. The van der Waals surface area contributed by atoms with Gasteiger partial charge in [0.15, 0.2) is 11.5 Å². The maximum atomic E-state index is 12.1. The van der Waals surface area contributed by atoms with E-state index in [1.807, 2.05) is 30.3 Å². The number of methoxy groups -OCH3 is 2. The number of carbonyl (C=O) groups is 1. The zero-order chi connectivity index (χ0) is 18.0. The molecular formula is C20H22N2O3. The van der Waals surface area contributed by atoms with E-state index in [4.69, 9.17) is 9.47 Å². The van der Waals surface area contributed by atoms with Crippen LogP contribution in [-0.4, -0.2) is 30.8 Å². The molecule has 5 nitrogen and oxygen atoms in total. The highest BCUT2D eigenvalue weighted by molar-refractivity contribution is 6.03.